The van der Waals surface area contributed by atoms with Crippen LogP contribution in [0.2, 0.25) is 0 Å². The van der Waals surface area contributed by atoms with Crippen LogP contribution in [0.5, 0.6) is 0 Å². The molecule has 0 saturated carbocycles. The standard InChI is InChI=1S/C18H19N9O4S2/c19-18-22-12-3-1-2-11(15(12)23-18)10-4-5-13(32(28,29)9-6-7-21-8-9)16(33(20,30)31)14(10)17-24-26-27-25-17/h1-5,9,21H,6-8H2,(H3,19,22,23)(H2,20,30,31)(H,24,25,26,27). The number of nitrogens with two attached hydrogens (primary N) is 2. The lowest BCUT2D eigenvalue weighted by atomic mass is 9.98. The number of tetrazole rings is 1. The summed E-state index contributed by atoms with van der Waals surface area (Å²) in [7, 11) is -8.60. The van der Waals surface area contributed by atoms with Gasteiger partial charge in [-0.3, -0.25) is 0 Å². The molecule has 4 aromatic rings. The number of hydrogen-bond donors (Lipinski definition) is 5. The Hall–Kier alpha value is -3.40. The van der Waals surface area contributed by atoms with Crippen molar-refractivity contribution in [3.8, 4) is 22.5 Å². The van der Waals surface area contributed by atoms with E-state index in [-0.39, 0.29) is 23.9 Å². The molecule has 3 heterocycles. The van der Waals surface area contributed by atoms with E-state index in [0.29, 0.717) is 35.1 Å². The van der Waals surface area contributed by atoms with Crippen molar-refractivity contribution in [2.75, 3.05) is 18.8 Å². The van der Waals surface area contributed by atoms with Gasteiger partial charge in [-0.2, -0.15) is 5.21 Å². The first-order valence-electron chi connectivity index (χ1n) is 9.80. The van der Waals surface area contributed by atoms with E-state index in [1.165, 1.54) is 12.1 Å². The molecule has 1 saturated heterocycles. The van der Waals surface area contributed by atoms with Crippen LogP contribution in [0, 0.1) is 0 Å². The van der Waals surface area contributed by atoms with Gasteiger partial charge in [-0.1, -0.05) is 18.2 Å². The Morgan fingerprint density at radius 3 is 2.55 bits per heavy atom. The van der Waals surface area contributed by atoms with Gasteiger partial charge in [0.05, 0.1) is 26.7 Å². The molecular weight excluding hydrogens is 470 g/mol. The number of imidazole rings is 1. The largest absolute Gasteiger partial charge is 0.369 e. The van der Waals surface area contributed by atoms with E-state index < -0.39 is 34.9 Å². The van der Waals surface area contributed by atoms with Crippen molar-refractivity contribution in [1.29, 1.82) is 0 Å². The van der Waals surface area contributed by atoms with Crippen LogP contribution in [0.25, 0.3) is 33.5 Å². The number of rotatable bonds is 5. The Morgan fingerprint density at radius 1 is 1.06 bits per heavy atom. The molecule has 1 aliphatic heterocycles. The minimum absolute atomic E-state index is 0.0843. The van der Waals surface area contributed by atoms with Crippen molar-refractivity contribution in [1.82, 2.24) is 35.9 Å². The van der Waals surface area contributed by atoms with Crippen molar-refractivity contribution in [3.63, 3.8) is 0 Å². The number of anilines is 1. The van der Waals surface area contributed by atoms with Gasteiger partial charge in [0, 0.05) is 12.1 Å². The zero-order valence-electron chi connectivity index (χ0n) is 17.0. The topological polar surface area (TPSA) is 215 Å². The Morgan fingerprint density at radius 2 is 1.88 bits per heavy atom. The zero-order valence-corrected chi connectivity index (χ0v) is 18.6. The van der Waals surface area contributed by atoms with E-state index in [2.05, 4.69) is 35.9 Å². The average Bonchev–Trinajstić information content (AvgIpc) is 3.52. The van der Waals surface area contributed by atoms with Gasteiger partial charge in [0.2, 0.25) is 15.8 Å². The summed E-state index contributed by atoms with van der Waals surface area (Å²) >= 11 is 0. The lowest BCUT2D eigenvalue weighted by Gasteiger charge is -2.18. The number of hydrogen-bond acceptors (Lipinski definition) is 10. The van der Waals surface area contributed by atoms with E-state index in [4.69, 9.17) is 10.9 Å². The third-order valence-electron chi connectivity index (χ3n) is 5.56. The predicted octanol–water partition coefficient (Wildman–Crippen LogP) is -0.225. The number of aromatic amines is 2. The third-order valence-corrected chi connectivity index (χ3v) is 8.92. The van der Waals surface area contributed by atoms with Crippen LogP contribution >= 0.6 is 0 Å². The van der Waals surface area contributed by atoms with Crippen LogP contribution in [0.4, 0.5) is 5.95 Å². The SMILES string of the molecule is Nc1nc2cccc(-c3ccc(S(=O)(=O)C4CCNC4)c(S(N)(=O)=O)c3-c3nn[nH]n3)c2[nH]1. The van der Waals surface area contributed by atoms with E-state index in [1.807, 2.05) is 0 Å². The maximum Gasteiger partial charge on any atom is 0.240 e. The smallest absolute Gasteiger partial charge is 0.240 e. The Bertz CT molecular complexity index is 1570. The van der Waals surface area contributed by atoms with Gasteiger partial charge in [-0.05, 0) is 35.9 Å². The van der Waals surface area contributed by atoms with Crippen molar-refractivity contribution in [2.24, 2.45) is 5.14 Å². The Balaban J connectivity index is 1.90. The number of H-pyrrole nitrogens is 2. The van der Waals surface area contributed by atoms with E-state index in [9.17, 15) is 16.8 Å². The molecular formula is C18H19N9O4S2. The lowest BCUT2D eigenvalue weighted by molar-refractivity contribution is 0.574. The predicted molar refractivity (Wildman–Crippen MR) is 119 cm³/mol. The highest BCUT2D eigenvalue weighted by Crippen LogP contribution is 2.41. The summed E-state index contributed by atoms with van der Waals surface area (Å²) in [5.74, 6) is 0.0401. The van der Waals surface area contributed by atoms with Crippen LogP contribution in [0.3, 0.4) is 0 Å². The summed E-state index contributed by atoms with van der Waals surface area (Å²) in [5, 5.41) is 21.4. The molecule has 0 bridgehead atoms. The number of primary sulfonamides is 1. The van der Waals surface area contributed by atoms with Crippen molar-refractivity contribution < 1.29 is 16.8 Å². The molecule has 15 heteroatoms. The monoisotopic (exact) mass is 489 g/mol. The number of benzene rings is 2. The fourth-order valence-electron chi connectivity index (χ4n) is 4.13. The highest BCUT2D eigenvalue weighted by atomic mass is 32.2. The Kier molecular flexibility index (Phi) is 4.93. The van der Waals surface area contributed by atoms with Gasteiger partial charge >= 0.3 is 0 Å². The summed E-state index contributed by atoms with van der Waals surface area (Å²) in [6.07, 6.45) is 0.346. The Labute approximate surface area is 187 Å². The summed E-state index contributed by atoms with van der Waals surface area (Å²) in [4.78, 5) is 6.15. The van der Waals surface area contributed by atoms with Crippen molar-refractivity contribution >= 4 is 36.8 Å². The lowest BCUT2D eigenvalue weighted by Crippen LogP contribution is -2.27. The van der Waals surface area contributed by atoms with Crippen LogP contribution in [-0.4, -0.2) is 65.8 Å². The molecule has 2 aromatic heterocycles. The second-order valence-electron chi connectivity index (χ2n) is 7.58. The fourth-order valence-corrected chi connectivity index (χ4v) is 7.41. The molecule has 33 heavy (non-hydrogen) atoms. The number of aromatic nitrogens is 6. The number of nitrogens with zero attached hydrogens (tertiary/aromatic N) is 4. The van der Waals surface area contributed by atoms with E-state index in [0.717, 1.165) is 0 Å². The molecule has 1 fully saturated rings. The van der Waals surface area contributed by atoms with Gasteiger partial charge in [0.15, 0.2) is 15.8 Å². The minimum atomic E-state index is -4.55. The number of nitrogens with one attached hydrogen (secondary N) is 3. The number of sulfonamides is 1. The normalized spacial score (nSPS) is 17.1. The molecule has 2 aromatic carbocycles. The molecule has 0 amide bonds. The highest BCUT2D eigenvalue weighted by Gasteiger charge is 2.37. The maximum atomic E-state index is 13.4. The van der Waals surface area contributed by atoms with Crippen LogP contribution in [-0.2, 0) is 19.9 Å². The van der Waals surface area contributed by atoms with Crippen molar-refractivity contribution in [2.45, 2.75) is 21.5 Å². The highest BCUT2D eigenvalue weighted by molar-refractivity contribution is 7.94. The minimum Gasteiger partial charge on any atom is -0.369 e. The summed E-state index contributed by atoms with van der Waals surface area (Å²) in [6.45, 7) is 0.714. The molecule has 172 valence electrons. The molecule has 1 unspecified atom stereocenters. The first-order chi connectivity index (χ1) is 15.7. The molecule has 1 atom stereocenters. The second-order valence-corrected chi connectivity index (χ2v) is 11.3. The van der Waals surface area contributed by atoms with E-state index >= 15 is 0 Å². The average molecular weight is 490 g/mol. The second kappa shape index (κ2) is 7.58. The summed E-state index contributed by atoms with van der Waals surface area (Å²) in [5.41, 5.74) is 7.61. The molecule has 0 aliphatic carbocycles. The fraction of sp³-hybridized carbons (Fsp3) is 0.222. The molecule has 7 N–H and O–H groups in total. The van der Waals surface area contributed by atoms with Gasteiger partial charge < -0.3 is 16.0 Å². The number of sulfone groups is 1. The molecule has 0 radical (unpaired) electrons. The molecule has 1 aliphatic rings. The molecule has 0 spiro atoms. The van der Waals surface area contributed by atoms with Gasteiger partial charge in [-0.15, -0.1) is 10.2 Å². The van der Waals surface area contributed by atoms with Gasteiger partial charge in [0.25, 0.3) is 0 Å². The van der Waals surface area contributed by atoms with Crippen LogP contribution < -0.4 is 16.2 Å². The van der Waals surface area contributed by atoms with Gasteiger partial charge in [-0.25, -0.2) is 27.0 Å². The number of para-hydroxylation sites is 1. The van der Waals surface area contributed by atoms with Crippen LogP contribution in [0.1, 0.15) is 6.42 Å². The molecule has 13 nitrogen and oxygen atoms in total. The quantitative estimate of drug-likeness (QED) is 0.248. The van der Waals surface area contributed by atoms with E-state index in [1.54, 1.807) is 18.2 Å². The van der Waals surface area contributed by atoms with Crippen LogP contribution in [0.15, 0.2) is 40.1 Å². The number of nitrogen functional groups attached to an aromatic ring is 1. The van der Waals surface area contributed by atoms with Gasteiger partial charge in [0.1, 0.15) is 4.90 Å². The first-order valence-corrected chi connectivity index (χ1v) is 12.9. The first kappa shape index (κ1) is 21.4. The maximum absolute atomic E-state index is 13.4. The zero-order chi connectivity index (χ0) is 23.4. The number of fused-ring (bicyclic) bond motifs is 1. The molecule has 5 rings (SSSR count). The summed E-state index contributed by atoms with van der Waals surface area (Å²) < 4.78 is 52.6. The third kappa shape index (κ3) is 3.54. The summed E-state index contributed by atoms with van der Waals surface area (Å²) in [6, 6.07) is 7.91. The van der Waals surface area contributed by atoms with Crippen molar-refractivity contribution in [3.05, 3.63) is 30.3 Å².